The SMILES string of the molecule is Cc1nc(-c2ccccn2)sc1C(=O)N1CCCC(c2nc3ccccc3s2)C1. The predicted molar refractivity (Wildman–Crippen MR) is 118 cm³/mol. The second kappa shape index (κ2) is 7.65. The van der Waals surface area contributed by atoms with Gasteiger partial charge in [-0.15, -0.1) is 22.7 Å². The predicted octanol–water partition coefficient (Wildman–Crippen LogP) is 5.14. The second-order valence-electron chi connectivity index (χ2n) is 7.26. The zero-order valence-corrected chi connectivity index (χ0v) is 17.7. The lowest BCUT2D eigenvalue weighted by molar-refractivity contribution is 0.0711. The number of thiazole rings is 2. The summed E-state index contributed by atoms with van der Waals surface area (Å²) in [6, 6.07) is 14.0. The van der Waals surface area contributed by atoms with Crippen molar-refractivity contribution >= 4 is 38.8 Å². The van der Waals surface area contributed by atoms with Gasteiger partial charge in [0.2, 0.25) is 0 Å². The van der Waals surface area contributed by atoms with Crippen LogP contribution in [-0.4, -0.2) is 38.8 Å². The van der Waals surface area contributed by atoms with E-state index in [1.165, 1.54) is 16.0 Å². The van der Waals surface area contributed by atoms with Crippen LogP contribution in [0.4, 0.5) is 0 Å². The van der Waals surface area contributed by atoms with Crippen LogP contribution in [0, 0.1) is 6.92 Å². The highest BCUT2D eigenvalue weighted by Gasteiger charge is 2.29. The van der Waals surface area contributed by atoms with E-state index in [1.54, 1.807) is 17.5 Å². The Hall–Kier alpha value is -2.64. The van der Waals surface area contributed by atoms with Crippen molar-refractivity contribution in [1.29, 1.82) is 0 Å². The Kier molecular flexibility index (Phi) is 4.85. The number of aromatic nitrogens is 3. The number of likely N-dealkylation sites (tertiary alicyclic amines) is 1. The number of amides is 1. The van der Waals surface area contributed by atoms with Crippen LogP contribution >= 0.6 is 22.7 Å². The van der Waals surface area contributed by atoms with Gasteiger partial charge in [-0.05, 0) is 44.0 Å². The van der Waals surface area contributed by atoms with Crippen molar-refractivity contribution in [3.63, 3.8) is 0 Å². The molecule has 0 spiro atoms. The number of carbonyl (C=O) groups excluding carboxylic acids is 1. The van der Waals surface area contributed by atoms with E-state index in [9.17, 15) is 4.79 Å². The van der Waals surface area contributed by atoms with Gasteiger partial charge in [-0.25, -0.2) is 9.97 Å². The number of rotatable bonds is 3. The Bertz CT molecular complexity index is 1140. The van der Waals surface area contributed by atoms with Crippen LogP contribution in [0.25, 0.3) is 20.9 Å². The zero-order valence-electron chi connectivity index (χ0n) is 16.0. The van der Waals surface area contributed by atoms with Gasteiger partial charge >= 0.3 is 0 Å². The van der Waals surface area contributed by atoms with Crippen molar-refractivity contribution in [2.75, 3.05) is 13.1 Å². The van der Waals surface area contributed by atoms with E-state index in [0.717, 1.165) is 57.7 Å². The quantitative estimate of drug-likeness (QED) is 0.460. The molecule has 1 fully saturated rings. The number of carbonyl (C=O) groups is 1. The fraction of sp³-hybridized carbons (Fsp3) is 0.273. The molecule has 1 unspecified atom stereocenters. The summed E-state index contributed by atoms with van der Waals surface area (Å²) in [6.45, 7) is 3.41. The van der Waals surface area contributed by atoms with E-state index in [1.807, 2.05) is 42.2 Å². The first kappa shape index (κ1) is 18.4. The summed E-state index contributed by atoms with van der Waals surface area (Å²) in [5.41, 5.74) is 2.64. The molecule has 1 amide bonds. The molecular formula is C22H20N4OS2. The average Bonchev–Trinajstić information content (AvgIpc) is 3.38. The van der Waals surface area contributed by atoms with Gasteiger partial charge in [0.1, 0.15) is 9.88 Å². The molecular weight excluding hydrogens is 400 g/mol. The fourth-order valence-corrected chi connectivity index (χ4v) is 5.87. The molecule has 7 heteroatoms. The van der Waals surface area contributed by atoms with Crippen molar-refractivity contribution < 1.29 is 4.79 Å². The lowest BCUT2D eigenvalue weighted by Gasteiger charge is -2.31. The molecule has 1 atom stereocenters. The van der Waals surface area contributed by atoms with Gasteiger partial charge in [-0.2, -0.15) is 0 Å². The maximum atomic E-state index is 13.3. The molecule has 3 aromatic heterocycles. The van der Waals surface area contributed by atoms with Gasteiger partial charge in [0.05, 0.1) is 26.6 Å². The van der Waals surface area contributed by atoms with Gasteiger partial charge in [-0.3, -0.25) is 9.78 Å². The molecule has 0 saturated carbocycles. The van der Waals surface area contributed by atoms with Gasteiger partial charge in [-0.1, -0.05) is 18.2 Å². The maximum absolute atomic E-state index is 13.3. The molecule has 29 heavy (non-hydrogen) atoms. The molecule has 1 aliphatic heterocycles. The highest BCUT2D eigenvalue weighted by molar-refractivity contribution is 7.18. The largest absolute Gasteiger partial charge is 0.337 e. The fourth-order valence-electron chi connectivity index (χ4n) is 3.77. The number of para-hydroxylation sites is 1. The van der Waals surface area contributed by atoms with E-state index in [4.69, 9.17) is 4.98 Å². The van der Waals surface area contributed by atoms with Crippen molar-refractivity contribution in [2.24, 2.45) is 0 Å². The highest BCUT2D eigenvalue weighted by atomic mass is 32.1. The minimum atomic E-state index is 0.0768. The zero-order chi connectivity index (χ0) is 19.8. The normalized spacial score (nSPS) is 17.0. The Labute approximate surface area is 177 Å². The monoisotopic (exact) mass is 420 g/mol. The molecule has 0 aliphatic carbocycles. The van der Waals surface area contributed by atoms with Crippen LogP contribution in [0.2, 0.25) is 0 Å². The summed E-state index contributed by atoms with van der Waals surface area (Å²) in [5.74, 6) is 0.376. The number of benzene rings is 1. The molecule has 4 heterocycles. The first-order valence-electron chi connectivity index (χ1n) is 9.72. The maximum Gasteiger partial charge on any atom is 0.265 e. The summed E-state index contributed by atoms with van der Waals surface area (Å²) in [4.78, 5) is 29.8. The topological polar surface area (TPSA) is 59.0 Å². The number of hydrogen-bond donors (Lipinski definition) is 0. The molecule has 5 nitrogen and oxygen atoms in total. The molecule has 5 rings (SSSR count). The summed E-state index contributed by atoms with van der Waals surface area (Å²) >= 11 is 3.19. The minimum Gasteiger partial charge on any atom is -0.337 e. The molecule has 0 radical (unpaired) electrons. The molecule has 1 aliphatic rings. The first-order valence-corrected chi connectivity index (χ1v) is 11.4. The van der Waals surface area contributed by atoms with Gasteiger partial charge < -0.3 is 4.90 Å². The standard InChI is InChI=1S/C22H20N4OS2/c1-14-19(29-21(24-14)17-9-4-5-11-23-17)22(27)26-12-6-7-15(13-26)20-25-16-8-2-3-10-18(16)28-20/h2-5,8-11,15H,6-7,12-13H2,1H3. The number of fused-ring (bicyclic) bond motifs is 1. The van der Waals surface area contributed by atoms with Gasteiger partial charge in [0, 0.05) is 25.2 Å². The van der Waals surface area contributed by atoms with Crippen LogP contribution < -0.4 is 0 Å². The van der Waals surface area contributed by atoms with E-state index < -0.39 is 0 Å². The lowest BCUT2D eigenvalue weighted by Crippen LogP contribution is -2.39. The van der Waals surface area contributed by atoms with Gasteiger partial charge in [0.25, 0.3) is 5.91 Å². The Morgan fingerprint density at radius 1 is 1.10 bits per heavy atom. The van der Waals surface area contributed by atoms with E-state index >= 15 is 0 Å². The van der Waals surface area contributed by atoms with E-state index in [-0.39, 0.29) is 5.91 Å². The van der Waals surface area contributed by atoms with Crippen molar-refractivity contribution in [3.05, 3.63) is 64.2 Å². The summed E-state index contributed by atoms with van der Waals surface area (Å²) in [5, 5.41) is 1.94. The number of hydrogen-bond acceptors (Lipinski definition) is 6. The minimum absolute atomic E-state index is 0.0768. The summed E-state index contributed by atoms with van der Waals surface area (Å²) in [6.07, 6.45) is 3.82. The number of nitrogens with zero attached hydrogens (tertiary/aromatic N) is 4. The third-order valence-electron chi connectivity index (χ3n) is 5.24. The van der Waals surface area contributed by atoms with Crippen LogP contribution in [0.1, 0.15) is 39.1 Å². The number of pyridine rings is 1. The molecule has 1 saturated heterocycles. The Morgan fingerprint density at radius 2 is 1.97 bits per heavy atom. The van der Waals surface area contributed by atoms with Crippen LogP contribution in [0.15, 0.2) is 48.7 Å². The molecule has 1 aromatic carbocycles. The summed E-state index contributed by atoms with van der Waals surface area (Å²) < 4.78 is 1.21. The summed E-state index contributed by atoms with van der Waals surface area (Å²) in [7, 11) is 0. The molecule has 146 valence electrons. The first-order chi connectivity index (χ1) is 14.2. The molecule has 0 N–H and O–H groups in total. The van der Waals surface area contributed by atoms with Crippen LogP contribution in [-0.2, 0) is 0 Å². The Morgan fingerprint density at radius 3 is 2.79 bits per heavy atom. The van der Waals surface area contributed by atoms with Crippen molar-refractivity contribution in [2.45, 2.75) is 25.7 Å². The smallest absolute Gasteiger partial charge is 0.265 e. The lowest BCUT2D eigenvalue weighted by atomic mass is 9.98. The van der Waals surface area contributed by atoms with Crippen molar-refractivity contribution in [3.8, 4) is 10.7 Å². The third-order valence-corrected chi connectivity index (χ3v) is 7.61. The highest BCUT2D eigenvalue weighted by Crippen LogP contribution is 2.34. The molecule has 0 bridgehead atoms. The van der Waals surface area contributed by atoms with Gasteiger partial charge in [0.15, 0.2) is 0 Å². The Balaban J connectivity index is 1.38. The van der Waals surface area contributed by atoms with Crippen molar-refractivity contribution in [1.82, 2.24) is 19.9 Å². The average molecular weight is 421 g/mol. The van der Waals surface area contributed by atoms with E-state index in [0.29, 0.717) is 5.92 Å². The number of piperidine rings is 1. The second-order valence-corrected chi connectivity index (χ2v) is 9.32. The third kappa shape index (κ3) is 3.56. The van der Waals surface area contributed by atoms with E-state index in [2.05, 4.69) is 22.1 Å². The van der Waals surface area contributed by atoms with Crippen LogP contribution in [0.5, 0.6) is 0 Å². The van der Waals surface area contributed by atoms with Crippen LogP contribution in [0.3, 0.4) is 0 Å². The number of aryl methyl sites for hydroxylation is 1. The molecule has 4 aromatic rings.